The van der Waals surface area contributed by atoms with E-state index in [-0.39, 0.29) is 5.54 Å². The van der Waals surface area contributed by atoms with E-state index in [1.807, 2.05) is 0 Å². The van der Waals surface area contributed by atoms with Crippen molar-refractivity contribution >= 4 is 11.4 Å². The number of para-hydroxylation sites is 1. The van der Waals surface area contributed by atoms with E-state index < -0.39 is 0 Å². The molecule has 0 fully saturated rings. The fourth-order valence-corrected chi connectivity index (χ4v) is 2.51. The number of nitrogens with one attached hydrogen (secondary N) is 1. The molecule has 0 saturated heterocycles. The van der Waals surface area contributed by atoms with E-state index in [2.05, 4.69) is 49.2 Å². The normalized spacial score (nSPS) is 17.9. The van der Waals surface area contributed by atoms with Crippen LogP contribution in [0.25, 0.3) is 0 Å². The minimum Gasteiger partial charge on any atom is -0.381 e. The van der Waals surface area contributed by atoms with Gasteiger partial charge >= 0.3 is 0 Å². The minimum atomic E-state index is 0.162. The van der Waals surface area contributed by atoms with Crippen LogP contribution >= 0.6 is 0 Å². The van der Waals surface area contributed by atoms with Crippen LogP contribution in [-0.2, 0) is 6.54 Å². The minimum absolute atomic E-state index is 0.162. The number of likely N-dealkylation sites (N-methyl/N-ethyl adjacent to an activating group) is 1. The molecule has 1 aromatic carbocycles. The van der Waals surface area contributed by atoms with Crippen LogP contribution in [0.15, 0.2) is 18.2 Å². The van der Waals surface area contributed by atoms with Gasteiger partial charge in [0.15, 0.2) is 0 Å². The molecule has 0 aliphatic carbocycles. The third-order valence-corrected chi connectivity index (χ3v) is 3.38. The summed E-state index contributed by atoms with van der Waals surface area (Å²) in [5, 5.41) is 3.52. The second kappa shape index (κ2) is 3.98. The van der Waals surface area contributed by atoms with Crippen LogP contribution in [0.5, 0.6) is 0 Å². The highest BCUT2D eigenvalue weighted by Gasteiger charge is 2.32. The van der Waals surface area contributed by atoms with Gasteiger partial charge in [-0.2, -0.15) is 0 Å². The first kappa shape index (κ1) is 11.3. The van der Waals surface area contributed by atoms with E-state index in [4.69, 9.17) is 5.73 Å². The van der Waals surface area contributed by atoms with Crippen LogP contribution in [0.2, 0.25) is 0 Å². The van der Waals surface area contributed by atoms with Crippen LogP contribution in [0, 0.1) is 0 Å². The zero-order valence-corrected chi connectivity index (χ0v) is 10.4. The largest absolute Gasteiger partial charge is 0.381 e. The van der Waals surface area contributed by atoms with E-state index in [0.717, 1.165) is 13.1 Å². The lowest BCUT2D eigenvalue weighted by Gasteiger charge is -2.45. The third kappa shape index (κ3) is 1.65. The molecular weight excluding hydrogens is 198 g/mol. The lowest BCUT2D eigenvalue weighted by Crippen LogP contribution is -2.52. The summed E-state index contributed by atoms with van der Waals surface area (Å²) in [6.07, 6.45) is 0. The van der Waals surface area contributed by atoms with Crippen molar-refractivity contribution in [2.24, 2.45) is 5.73 Å². The molecule has 0 saturated carbocycles. The molecule has 3 N–H and O–H groups in total. The highest BCUT2D eigenvalue weighted by Crippen LogP contribution is 2.37. The van der Waals surface area contributed by atoms with Crippen molar-refractivity contribution in [1.29, 1.82) is 0 Å². The van der Waals surface area contributed by atoms with Gasteiger partial charge in [-0.05, 0) is 32.4 Å². The Hall–Kier alpha value is -1.22. The summed E-state index contributed by atoms with van der Waals surface area (Å²) < 4.78 is 0. The average molecular weight is 219 g/mol. The van der Waals surface area contributed by atoms with Crippen molar-refractivity contribution in [2.75, 3.05) is 23.3 Å². The highest BCUT2D eigenvalue weighted by atomic mass is 15.3. The Morgan fingerprint density at radius 2 is 2.19 bits per heavy atom. The molecule has 1 aliphatic heterocycles. The zero-order chi connectivity index (χ0) is 11.8. The monoisotopic (exact) mass is 219 g/mol. The van der Waals surface area contributed by atoms with Gasteiger partial charge in [-0.1, -0.05) is 12.1 Å². The van der Waals surface area contributed by atoms with E-state index in [1.165, 1.54) is 16.9 Å². The Morgan fingerprint density at radius 1 is 1.44 bits per heavy atom. The summed E-state index contributed by atoms with van der Waals surface area (Å²) in [6, 6.07) is 6.36. The molecule has 1 aliphatic rings. The molecule has 3 nitrogen and oxygen atoms in total. The van der Waals surface area contributed by atoms with Crippen molar-refractivity contribution in [3.8, 4) is 0 Å². The van der Waals surface area contributed by atoms with Crippen molar-refractivity contribution in [3.63, 3.8) is 0 Å². The van der Waals surface area contributed by atoms with Crippen molar-refractivity contribution in [2.45, 2.75) is 32.9 Å². The van der Waals surface area contributed by atoms with Crippen LogP contribution in [0.3, 0.4) is 0 Å². The molecule has 3 heteroatoms. The van der Waals surface area contributed by atoms with Crippen LogP contribution < -0.4 is 16.0 Å². The standard InChI is InChI=1S/C13H21N3/c1-4-16-11-7-5-6-10(8-14)12(11)15-9-13(16,2)3/h5-7,15H,4,8-9,14H2,1-3H3. The first-order valence-corrected chi connectivity index (χ1v) is 5.93. The average Bonchev–Trinajstić information content (AvgIpc) is 2.27. The van der Waals surface area contributed by atoms with Gasteiger partial charge in [0, 0.05) is 19.6 Å². The highest BCUT2D eigenvalue weighted by molar-refractivity contribution is 5.76. The molecule has 1 heterocycles. The fraction of sp³-hybridized carbons (Fsp3) is 0.538. The number of hydrogen-bond acceptors (Lipinski definition) is 3. The summed E-state index contributed by atoms with van der Waals surface area (Å²) in [5.74, 6) is 0. The van der Waals surface area contributed by atoms with Crippen molar-refractivity contribution in [1.82, 2.24) is 0 Å². The van der Waals surface area contributed by atoms with Gasteiger partial charge in [-0.15, -0.1) is 0 Å². The fourth-order valence-electron chi connectivity index (χ4n) is 2.51. The van der Waals surface area contributed by atoms with Gasteiger partial charge in [0.2, 0.25) is 0 Å². The number of hydrogen-bond donors (Lipinski definition) is 2. The quantitative estimate of drug-likeness (QED) is 0.801. The Kier molecular flexibility index (Phi) is 2.80. The van der Waals surface area contributed by atoms with Crippen LogP contribution in [0.1, 0.15) is 26.3 Å². The first-order valence-electron chi connectivity index (χ1n) is 5.93. The molecule has 1 aromatic rings. The maximum absolute atomic E-state index is 5.77. The molecular formula is C13H21N3. The molecule has 0 amide bonds. The zero-order valence-electron chi connectivity index (χ0n) is 10.4. The molecule has 0 radical (unpaired) electrons. The third-order valence-electron chi connectivity index (χ3n) is 3.38. The lowest BCUT2D eigenvalue weighted by atomic mass is 9.96. The number of fused-ring (bicyclic) bond motifs is 1. The molecule has 16 heavy (non-hydrogen) atoms. The molecule has 2 rings (SSSR count). The van der Waals surface area contributed by atoms with Gasteiger partial charge in [0.25, 0.3) is 0 Å². The van der Waals surface area contributed by atoms with Gasteiger partial charge in [-0.25, -0.2) is 0 Å². The van der Waals surface area contributed by atoms with E-state index in [0.29, 0.717) is 6.54 Å². The number of nitrogens with two attached hydrogens (primary N) is 1. The molecule has 0 aromatic heterocycles. The molecule has 0 bridgehead atoms. The van der Waals surface area contributed by atoms with E-state index in [1.54, 1.807) is 0 Å². The van der Waals surface area contributed by atoms with Crippen molar-refractivity contribution < 1.29 is 0 Å². The Balaban J connectivity index is 2.50. The summed E-state index contributed by atoms with van der Waals surface area (Å²) in [7, 11) is 0. The van der Waals surface area contributed by atoms with Gasteiger partial charge < -0.3 is 16.0 Å². The summed E-state index contributed by atoms with van der Waals surface area (Å²) >= 11 is 0. The van der Waals surface area contributed by atoms with E-state index >= 15 is 0 Å². The van der Waals surface area contributed by atoms with Gasteiger partial charge in [0.1, 0.15) is 0 Å². The second-order valence-electron chi connectivity index (χ2n) is 4.93. The maximum Gasteiger partial charge on any atom is 0.0624 e. The predicted octanol–water partition coefficient (Wildman–Crippen LogP) is 2.18. The van der Waals surface area contributed by atoms with Gasteiger partial charge in [-0.3, -0.25) is 0 Å². The number of anilines is 2. The van der Waals surface area contributed by atoms with Crippen molar-refractivity contribution in [3.05, 3.63) is 23.8 Å². The lowest BCUT2D eigenvalue weighted by molar-refractivity contribution is 0.480. The molecule has 0 unspecified atom stereocenters. The molecule has 88 valence electrons. The number of nitrogens with zero attached hydrogens (tertiary/aromatic N) is 1. The Bertz CT molecular complexity index is 385. The summed E-state index contributed by atoms with van der Waals surface area (Å²) in [4.78, 5) is 2.44. The predicted molar refractivity (Wildman–Crippen MR) is 69.9 cm³/mol. The maximum atomic E-state index is 5.77. The summed E-state index contributed by atoms with van der Waals surface area (Å²) in [5.41, 5.74) is 9.63. The Labute approximate surface area is 97.6 Å². The Morgan fingerprint density at radius 3 is 2.81 bits per heavy atom. The topological polar surface area (TPSA) is 41.3 Å². The molecule has 0 atom stereocenters. The van der Waals surface area contributed by atoms with E-state index in [9.17, 15) is 0 Å². The molecule has 0 spiro atoms. The number of benzene rings is 1. The SMILES string of the molecule is CCN1c2cccc(CN)c2NCC1(C)C. The van der Waals surface area contributed by atoms with Crippen LogP contribution in [0.4, 0.5) is 11.4 Å². The second-order valence-corrected chi connectivity index (χ2v) is 4.93. The smallest absolute Gasteiger partial charge is 0.0624 e. The summed E-state index contributed by atoms with van der Waals surface area (Å²) in [6.45, 7) is 9.31. The van der Waals surface area contributed by atoms with Crippen LogP contribution in [-0.4, -0.2) is 18.6 Å². The number of rotatable bonds is 2. The van der Waals surface area contributed by atoms with Gasteiger partial charge in [0.05, 0.1) is 16.9 Å². The first-order chi connectivity index (χ1) is 7.60.